The van der Waals surface area contributed by atoms with Crippen molar-refractivity contribution in [1.29, 1.82) is 0 Å². The minimum absolute atomic E-state index is 0.0631. The van der Waals surface area contributed by atoms with Crippen LogP contribution in [0, 0.1) is 5.41 Å². The van der Waals surface area contributed by atoms with E-state index in [1.54, 1.807) is 0 Å². The lowest BCUT2D eigenvalue weighted by molar-refractivity contribution is -0.181. The van der Waals surface area contributed by atoms with Gasteiger partial charge in [0.25, 0.3) is 0 Å². The molecule has 26 heavy (non-hydrogen) atoms. The van der Waals surface area contributed by atoms with Gasteiger partial charge in [-0.2, -0.15) is 0 Å². The van der Waals surface area contributed by atoms with E-state index >= 15 is 0 Å². The molecule has 2 unspecified atom stereocenters. The largest absolute Gasteiger partial charge is 0.378 e. The summed E-state index contributed by atoms with van der Waals surface area (Å²) >= 11 is 0. The van der Waals surface area contributed by atoms with Crippen molar-refractivity contribution in [2.24, 2.45) is 11.1 Å². The summed E-state index contributed by atoms with van der Waals surface area (Å²) in [5.74, 6) is 0.0694. The van der Waals surface area contributed by atoms with Crippen LogP contribution in [0.25, 0.3) is 0 Å². The van der Waals surface area contributed by atoms with E-state index in [1.807, 2.05) is 43.9 Å². The fourth-order valence-corrected chi connectivity index (χ4v) is 4.09. The van der Waals surface area contributed by atoms with E-state index in [2.05, 4.69) is 12.1 Å². The molecule has 5 heteroatoms. The quantitative estimate of drug-likeness (QED) is 0.847. The Hall–Kier alpha value is -1.43. The van der Waals surface area contributed by atoms with E-state index in [0.717, 1.165) is 12.8 Å². The van der Waals surface area contributed by atoms with Gasteiger partial charge in [-0.25, -0.2) is 0 Å². The number of piperidine rings is 1. The first-order valence-electron chi connectivity index (χ1n) is 9.74. The Morgan fingerprint density at radius 3 is 2.42 bits per heavy atom. The van der Waals surface area contributed by atoms with Gasteiger partial charge in [-0.3, -0.25) is 4.79 Å². The Morgan fingerprint density at radius 2 is 1.85 bits per heavy atom. The summed E-state index contributed by atoms with van der Waals surface area (Å²) in [4.78, 5) is 15.0. The predicted octanol–water partition coefficient (Wildman–Crippen LogP) is 2.73. The summed E-state index contributed by atoms with van der Waals surface area (Å²) in [6.07, 6.45) is 2.61. The first kappa shape index (κ1) is 19.3. The number of benzene rings is 1. The van der Waals surface area contributed by atoms with E-state index in [0.29, 0.717) is 32.7 Å². The van der Waals surface area contributed by atoms with Gasteiger partial charge in [-0.1, -0.05) is 44.2 Å². The molecule has 2 N–H and O–H groups in total. The first-order chi connectivity index (χ1) is 12.4. The van der Waals surface area contributed by atoms with Crippen LogP contribution in [-0.2, 0) is 20.9 Å². The normalized spacial score (nSPS) is 28.6. The molecule has 2 aliphatic rings. The summed E-state index contributed by atoms with van der Waals surface area (Å²) in [6, 6.07) is 10.2. The summed E-state index contributed by atoms with van der Waals surface area (Å²) in [7, 11) is 0. The van der Waals surface area contributed by atoms with E-state index in [-0.39, 0.29) is 23.5 Å². The number of carbonyl (C=O) groups excluding carboxylic acids is 1. The monoisotopic (exact) mass is 360 g/mol. The highest BCUT2D eigenvalue weighted by molar-refractivity contribution is 5.89. The van der Waals surface area contributed by atoms with Crippen LogP contribution in [-0.4, -0.2) is 48.3 Å². The maximum absolute atomic E-state index is 13.1. The van der Waals surface area contributed by atoms with Gasteiger partial charge in [-0.15, -0.1) is 0 Å². The molecule has 1 heterocycles. The van der Waals surface area contributed by atoms with Crippen LogP contribution < -0.4 is 5.73 Å². The van der Waals surface area contributed by atoms with Crippen molar-refractivity contribution in [1.82, 2.24) is 4.90 Å². The summed E-state index contributed by atoms with van der Waals surface area (Å²) in [6.45, 7) is 8.79. The number of likely N-dealkylation sites (tertiary alicyclic amines) is 1. The number of nitrogens with two attached hydrogens (primary N) is 1. The molecule has 144 valence electrons. The van der Waals surface area contributed by atoms with E-state index in [4.69, 9.17) is 15.2 Å². The fourth-order valence-electron chi connectivity index (χ4n) is 4.09. The topological polar surface area (TPSA) is 64.8 Å². The zero-order valence-corrected chi connectivity index (χ0v) is 16.2. The van der Waals surface area contributed by atoms with Gasteiger partial charge >= 0.3 is 0 Å². The lowest BCUT2D eigenvalue weighted by Gasteiger charge is -2.59. The van der Waals surface area contributed by atoms with Gasteiger partial charge in [0.05, 0.1) is 18.8 Å². The smallest absolute Gasteiger partial charge is 0.243 e. The average molecular weight is 360 g/mol. The van der Waals surface area contributed by atoms with Crippen molar-refractivity contribution in [2.75, 3.05) is 19.7 Å². The number of hydrogen-bond acceptors (Lipinski definition) is 4. The third-order valence-corrected chi connectivity index (χ3v) is 6.27. The van der Waals surface area contributed by atoms with Gasteiger partial charge in [0.15, 0.2) is 0 Å². The lowest BCUT2D eigenvalue weighted by Crippen LogP contribution is -2.76. The molecule has 1 aliphatic carbocycles. The SMILES string of the molecule is CCOC1CC(N)(C(=O)N2CCC(OCc3ccccc3)CC2)C1(C)C. The molecule has 2 fully saturated rings. The van der Waals surface area contributed by atoms with E-state index in [1.165, 1.54) is 5.56 Å². The van der Waals surface area contributed by atoms with Crippen molar-refractivity contribution in [3.8, 4) is 0 Å². The van der Waals surface area contributed by atoms with Crippen LogP contribution in [0.15, 0.2) is 30.3 Å². The Bertz CT molecular complexity index is 611. The molecule has 1 saturated carbocycles. The second-order valence-corrected chi connectivity index (χ2v) is 8.13. The van der Waals surface area contributed by atoms with Gasteiger partial charge in [0, 0.05) is 31.5 Å². The molecule has 0 bridgehead atoms. The number of carbonyl (C=O) groups is 1. The minimum Gasteiger partial charge on any atom is -0.378 e. The van der Waals surface area contributed by atoms with Crippen LogP contribution in [0.5, 0.6) is 0 Å². The standard InChI is InChI=1S/C21H32N2O3/c1-4-25-18-14-21(22,20(18,2)3)19(24)23-12-10-17(11-13-23)26-15-16-8-6-5-7-9-16/h5-9,17-18H,4,10-15,22H2,1-3H3. The summed E-state index contributed by atoms with van der Waals surface area (Å²) < 4.78 is 11.8. The second kappa shape index (κ2) is 7.67. The molecule has 0 spiro atoms. The maximum atomic E-state index is 13.1. The highest BCUT2D eigenvalue weighted by atomic mass is 16.5. The van der Waals surface area contributed by atoms with Crippen molar-refractivity contribution in [2.45, 2.75) is 64.4 Å². The number of amides is 1. The zero-order chi connectivity index (χ0) is 18.8. The highest BCUT2D eigenvalue weighted by Gasteiger charge is 2.63. The summed E-state index contributed by atoms with van der Waals surface area (Å²) in [5.41, 5.74) is 6.58. The first-order valence-corrected chi connectivity index (χ1v) is 9.74. The Balaban J connectivity index is 1.49. The Labute approximate surface area is 156 Å². The average Bonchev–Trinajstić information content (AvgIpc) is 2.66. The van der Waals surface area contributed by atoms with Gasteiger partial charge in [0.2, 0.25) is 5.91 Å². The van der Waals surface area contributed by atoms with Crippen molar-refractivity contribution in [3.05, 3.63) is 35.9 Å². The molecule has 1 aromatic rings. The molecule has 3 rings (SSSR count). The predicted molar refractivity (Wildman–Crippen MR) is 102 cm³/mol. The maximum Gasteiger partial charge on any atom is 0.243 e. The Morgan fingerprint density at radius 1 is 1.19 bits per heavy atom. The van der Waals surface area contributed by atoms with E-state index < -0.39 is 5.54 Å². The van der Waals surface area contributed by atoms with Gasteiger partial charge in [-0.05, 0) is 25.3 Å². The fraction of sp³-hybridized carbons (Fsp3) is 0.667. The van der Waals surface area contributed by atoms with Crippen molar-refractivity contribution in [3.63, 3.8) is 0 Å². The molecule has 0 radical (unpaired) electrons. The van der Waals surface area contributed by atoms with Crippen LogP contribution in [0.4, 0.5) is 0 Å². The number of rotatable bonds is 6. The molecule has 2 atom stereocenters. The highest BCUT2D eigenvalue weighted by Crippen LogP contribution is 2.50. The van der Waals surface area contributed by atoms with Crippen LogP contribution >= 0.6 is 0 Å². The molecule has 1 aliphatic heterocycles. The molecule has 5 nitrogen and oxygen atoms in total. The molecule has 1 amide bonds. The molecule has 0 aromatic heterocycles. The third kappa shape index (κ3) is 3.53. The molecular formula is C21H32N2O3. The second-order valence-electron chi connectivity index (χ2n) is 8.13. The lowest BCUT2D eigenvalue weighted by atomic mass is 9.54. The van der Waals surface area contributed by atoms with Crippen LogP contribution in [0.2, 0.25) is 0 Å². The van der Waals surface area contributed by atoms with Crippen LogP contribution in [0.3, 0.4) is 0 Å². The third-order valence-electron chi connectivity index (χ3n) is 6.27. The molecule has 1 aromatic carbocycles. The number of hydrogen-bond donors (Lipinski definition) is 1. The van der Waals surface area contributed by atoms with Crippen molar-refractivity contribution < 1.29 is 14.3 Å². The minimum atomic E-state index is -0.815. The van der Waals surface area contributed by atoms with Crippen LogP contribution in [0.1, 0.15) is 45.6 Å². The Kier molecular flexibility index (Phi) is 5.70. The van der Waals surface area contributed by atoms with Crippen molar-refractivity contribution >= 4 is 5.91 Å². The number of nitrogens with zero attached hydrogens (tertiary/aromatic N) is 1. The number of ether oxygens (including phenoxy) is 2. The zero-order valence-electron chi connectivity index (χ0n) is 16.2. The van der Waals surface area contributed by atoms with E-state index in [9.17, 15) is 4.79 Å². The molecule has 1 saturated heterocycles. The van der Waals surface area contributed by atoms with Gasteiger partial charge in [0.1, 0.15) is 5.54 Å². The summed E-state index contributed by atoms with van der Waals surface area (Å²) in [5, 5.41) is 0. The van der Waals surface area contributed by atoms with Gasteiger partial charge < -0.3 is 20.1 Å². The molecular weight excluding hydrogens is 328 g/mol.